The van der Waals surface area contributed by atoms with Crippen molar-refractivity contribution in [1.29, 1.82) is 0 Å². The van der Waals surface area contributed by atoms with Crippen molar-refractivity contribution in [2.45, 2.75) is 32.1 Å². The van der Waals surface area contributed by atoms with Gasteiger partial charge in [0.15, 0.2) is 0 Å². The van der Waals surface area contributed by atoms with Crippen LogP contribution in [-0.4, -0.2) is 26.1 Å². The van der Waals surface area contributed by atoms with E-state index in [2.05, 4.69) is 5.10 Å². The van der Waals surface area contributed by atoms with Crippen LogP contribution in [0.1, 0.15) is 24.2 Å². The van der Waals surface area contributed by atoms with Crippen LogP contribution in [0, 0.1) is 0 Å². The summed E-state index contributed by atoms with van der Waals surface area (Å²) in [6.07, 6.45) is 2.33. The van der Waals surface area contributed by atoms with Gasteiger partial charge in [-0.25, -0.2) is 0 Å². The van der Waals surface area contributed by atoms with Gasteiger partial charge in [-0.15, -0.1) is 0 Å². The van der Waals surface area contributed by atoms with Crippen molar-refractivity contribution in [2.75, 3.05) is 0 Å². The van der Waals surface area contributed by atoms with Gasteiger partial charge in [-0.3, -0.25) is 4.68 Å². The molecule has 2 rings (SSSR count). The molecule has 0 radical (unpaired) electrons. The Balaban J connectivity index is 2.01. The molecule has 0 saturated carbocycles. The molecule has 0 fully saturated rings. The van der Waals surface area contributed by atoms with E-state index >= 15 is 0 Å². The molecule has 0 saturated heterocycles. The summed E-state index contributed by atoms with van der Waals surface area (Å²) >= 11 is 0. The number of aryl methyl sites for hydroxylation is 1. The maximum Gasteiger partial charge on any atom is 0.105 e. The van der Waals surface area contributed by atoms with E-state index in [4.69, 9.17) is 0 Å². The van der Waals surface area contributed by atoms with Gasteiger partial charge in [-0.2, -0.15) is 5.10 Å². The number of aliphatic hydroxyl groups is 2. The van der Waals surface area contributed by atoms with Gasteiger partial charge in [0.25, 0.3) is 0 Å². The second-order valence-electron chi connectivity index (χ2n) is 4.33. The Morgan fingerprint density at radius 2 is 1.94 bits per heavy atom. The van der Waals surface area contributed by atoms with Gasteiger partial charge in [-0.1, -0.05) is 30.3 Å². The average molecular weight is 246 g/mol. The number of hydrogen-bond donors (Lipinski definition) is 2. The number of benzene rings is 1. The molecule has 2 aromatic rings. The van der Waals surface area contributed by atoms with E-state index in [1.165, 1.54) is 0 Å². The number of hydrogen-bond acceptors (Lipinski definition) is 3. The molecule has 1 heterocycles. The van der Waals surface area contributed by atoms with E-state index in [9.17, 15) is 10.2 Å². The highest BCUT2D eigenvalue weighted by Crippen LogP contribution is 2.19. The molecular formula is C14H18N2O2. The van der Waals surface area contributed by atoms with Gasteiger partial charge >= 0.3 is 0 Å². The minimum atomic E-state index is -0.865. The van der Waals surface area contributed by atoms with Crippen LogP contribution in [0.25, 0.3) is 0 Å². The van der Waals surface area contributed by atoms with Gasteiger partial charge in [0.1, 0.15) is 6.10 Å². The van der Waals surface area contributed by atoms with Gasteiger partial charge in [0.05, 0.1) is 12.3 Å². The van der Waals surface area contributed by atoms with Crippen molar-refractivity contribution in [1.82, 2.24) is 9.78 Å². The van der Waals surface area contributed by atoms with Crippen LogP contribution in [-0.2, 0) is 13.0 Å². The first-order chi connectivity index (χ1) is 8.70. The zero-order valence-electron chi connectivity index (χ0n) is 10.4. The number of aromatic nitrogens is 2. The summed E-state index contributed by atoms with van der Waals surface area (Å²) in [7, 11) is 0. The van der Waals surface area contributed by atoms with Crippen LogP contribution in [0.2, 0.25) is 0 Å². The maximum atomic E-state index is 10.0. The SMILES string of the molecule is CCn1cc(CC(O)C(O)c2ccccc2)cn1. The van der Waals surface area contributed by atoms with Crippen LogP contribution < -0.4 is 0 Å². The quantitative estimate of drug-likeness (QED) is 0.841. The molecular weight excluding hydrogens is 228 g/mol. The van der Waals surface area contributed by atoms with E-state index in [0.717, 1.165) is 17.7 Å². The molecule has 0 spiro atoms. The second kappa shape index (κ2) is 5.80. The molecule has 2 N–H and O–H groups in total. The normalized spacial score (nSPS) is 14.4. The highest BCUT2D eigenvalue weighted by molar-refractivity contribution is 5.19. The van der Waals surface area contributed by atoms with Gasteiger partial charge in [0, 0.05) is 19.2 Å². The topological polar surface area (TPSA) is 58.3 Å². The third-order valence-electron chi connectivity index (χ3n) is 2.96. The zero-order valence-corrected chi connectivity index (χ0v) is 10.4. The Kier molecular flexibility index (Phi) is 4.12. The summed E-state index contributed by atoms with van der Waals surface area (Å²) in [4.78, 5) is 0. The first-order valence-corrected chi connectivity index (χ1v) is 6.13. The zero-order chi connectivity index (χ0) is 13.0. The Bertz CT molecular complexity index is 482. The van der Waals surface area contributed by atoms with Crippen molar-refractivity contribution in [3.05, 3.63) is 53.9 Å². The molecule has 0 bridgehead atoms. The number of aliphatic hydroxyl groups excluding tert-OH is 2. The fraction of sp³-hybridized carbons (Fsp3) is 0.357. The lowest BCUT2D eigenvalue weighted by atomic mass is 10.0. The number of nitrogens with zero attached hydrogens (tertiary/aromatic N) is 2. The summed E-state index contributed by atoms with van der Waals surface area (Å²) in [6.45, 7) is 2.81. The molecule has 18 heavy (non-hydrogen) atoms. The van der Waals surface area contributed by atoms with E-state index in [0.29, 0.717) is 6.42 Å². The summed E-state index contributed by atoms with van der Waals surface area (Å²) < 4.78 is 1.80. The van der Waals surface area contributed by atoms with Crippen LogP contribution in [0.5, 0.6) is 0 Å². The first-order valence-electron chi connectivity index (χ1n) is 6.13. The fourth-order valence-electron chi connectivity index (χ4n) is 1.91. The predicted molar refractivity (Wildman–Crippen MR) is 69.0 cm³/mol. The molecule has 1 aromatic carbocycles. The van der Waals surface area contributed by atoms with Crippen molar-refractivity contribution >= 4 is 0 Å². The molecule has 96 valence electrons. The molecule has 0 aliphatic carbocycles. The maximum absolute atomic E-state index is 10.0. The van der Waals surface area contributed by atoms with E-state index in [1.807, 2.05) is 43.5 Å². The Morgan fingerprint density at radius 1 is 1.22 bits per heavy atom. The standard InChI is InChI=1S/C14H18N2O2/c1-2-16-10-11(9-15-16)8-13(17)14(18)12-6-4-3-5-7-12/h3-7,9-10,13-14,17-18H,2,8H2,1H3. The highest BCUT2D eigenvalue weighted by Gasteiger charge is 2.18. The lowest BCUT2D eigenvalue weighted by Crippen LogP contribution is -2.20. The fourth-order valence-corrected chi connectivity index (χ4v) is 1.91. The molecule has 2 atom stereocenters. The van der Waals surface area contributed by atoms with Crippen LogP contribution in [0.4, 0.5) is 0 Å². The molecule has 4 heteroatoms. The van der Waals surface area contributed by atoms with E-state index in [-0.39, 0.29) is 0 Å². The molecule has 0 aliphatic rings. The number of rotatable bonds is 5. The minimum Gasteiger partial charge on any atom is -0.390 e. The Labute approximate surface area is 107 Å². The molecule has 4 nitrogen and oxygen atoms in total. The van der Waals surface area contributed by atoms with Gasteiger partial charge < -0.3 is 10.2 Å². The van der Waals surface area contributed by atoms with Crippen molar-refractivity contribution in [3.8, 4) is 0 Å². The molecule has 2 unspecified atom stereocenters. The van der Waals surface area contributed by atoms with Gasteiger partial charge in [0.2, 0.25) is 0 Å². The summed E-state index contributed by atoms with van der Waals surface area (Å²) in [5.74, 6) is 0. The summed E-state index contributed by atoms with van der Waals surface area (Å²) in [5, 5.41) is 24.2. The van der Waals surface area contributed by atoms with Gasteiger partial charge in [-0.05, 0) is 18.1 Å². The minimum absolute atomic E-state index is 0.399. The molecule has 0 aliphatic heterocycles. The van der Waals surface area contributed by atoms with Crippen LogP contribution in [0.15, 0.2) is 42.7 Å². The van der Waals surface area contributed by atoms with Crippen molar-refractivity contribution < 1.29 is 10.2 Å². The van der Waals surface area contributed by atoms with Crippen LogP contribution >= 0.6 is 0 Å². The van der Waals surface area contributed by atoms with E-state index in [1.54, 1.807) is 10.9 Å². The average Bonchev–Trinajstić information content (AvgIpc) is 2.86. The highest BCUT2D eigenvalue weighted by atomic mass is 16.3. The molecule has 1 aromatic heterocycles. The molecule has 0 amide bonds. The monoisotopic (exact) mass is 246 g/mol. The van der Waals surface area contributed by atoms with Crippen molar-refractivity contribution in [2.24, 2.45) is 0 Å². The van der Waals surface area contributed by atoms with Crippen molar-refractivity contribution in [3.63, 3.8) is 0 Å². The Hall–Kier alpha value is -1.65. The van der Waals surface area contributed by atoms with E-state index < -0.39 is 12.2 Å². The largest absolute Gasteiger partial charge is 0.390 e. The van der Waals surface area contributed by atoms with Crippen LogP contribution in [0.3, 0.4) is 0 Å². The smallest absolute Gasteiger partial charge is 0.105 e. The Morgan fingerprint density at radius 3 is 2.56 bits per heavy atom. The predicted octanol–water partition coefficient (Wildman–Crippen LogP) is 1.54. The third-order valence-corrected chi connectivity index (χ3v) is 2.96. The second-order valence-corrected chi connectivity index (χ2v) is 4.33. The summed E-state index contributed by atoms with van der Waals surface area (Å²) in [5.41, 5.74) is 1.66. The summed E-state index contributed by atoms with van der Waals surface area (Å²) in [6, 6.07) is 9.20. The first kappa shape index (κ1) is 12.8. The third kappa shape index (κ3) is 2.97. The lowest BCUT2D eigenvalue weighted by Gasteiger charge is -2.17. The lowest BCUT2D eigenvalue weighted by molar-refractivity contribution is 0.0189.